The standard InChI is InChI=1S/C24H24N2Se/c1-7-17(23-22(14(2)3)25-27-26-23)16-9-11-19-18-10-8-15(4)12-20(18)24(5,6)21(19)13-16/h7-13H,2H2,1,3-6H3/b17-7-. The molecule has 2 nitrogen and oxygen atoms in total. The van der Waals surface area contributed by atoms with Crippen molar-refractivity contribution in [3.05, 3.63) is 82.7 Å². The van der Waals surface area contributed by atoms with Crippen LogP contribution in [0.5, 0.6) is 0 Å². The number of benzene rings is 2. The summed E-state index contributed by atoms with van der Waals surface area (Å²) in [6, 6.07) is 13.7. The van der Waals surface area contributed by atoms with Crippen LogP contribution in [0.15, 0.2) is 49.1 Å². The summed E-state index contributed by atoms with van der Waals surface area (Å²) in [6.07, 6.45) is 2.15. The molecule has 0 aliphatic heterocycles. The molecular weight excluding hydrogens is 395 g/mol. The van der Waals surface area contributed by atoms with Gasteiger partial charge in [0.2, 0.25) is 0 Å². The Kier molecular flexibility index (Phi) is 4.33. The van der Waals surface area contributed by atoms with E-state index in [1.165, 1.54) is 33.4 Å². The van der Waals surface area contributed by atoms with Gasteiger partial charge in [-0.05, 0) is 0 Å². The van der Waals surface area contributed by atoms with Crippen LogP contribution in [0, 0.1) is 6.92 Å². The van der Waals surface area contributed by atoms with E-state index in [9.17, 15) is 0 Å². The topological polar surface area (TPSA) is 25.8 Å². The number of hydrogen-bond donors (Lipinski definition) is 0. The van der Waals surface area contributed by atoms with Gasteiger partial charge in [-0.3, -0.25) is 0 Å². The summed E-state index contributed by atoms with van der Waals surface area (Å²) in [7, 11) is 0. The third-order valence-corrected chi connectivity index (χ3v) is 6.69. The van der Waals surface area contributed by atoms with Crippen molar-refractivity contribution < 1.29 is 0 Å². The van der Waals surface area contributed by atoms with E-state index in [4.69, 9.17) is 3.98 Å². The Hall–Kier alpha value is -2.22. The van der Waals surface area contributed by atoms with E-state index in [0.717, 1.165) is 22.5 Å². The Morgan fingerprint density at radius 1 is 1.00 bits per heavy atom. The van der Waals surface area contributed by atoms with Gasteiger partial charge in [-0.1, -0.05) is 0 Å². The second-order valence-electron chi connectivity index (χ2n) is 7.88. The molecule has 1 aromatic heterocycles. The number of hydrogen-bond acceptors (Lipinski definition) is 2. The molecule has 0 bridgehead atoms. The molecule has 0 spiro atoms. The molecule has 1 heterocycles. The molecule has 4 rings (SSSR count). The molecule has 0 saturated carbocycles. The van der Waals surface area contributed by atoms with Crippen molar-refractivity contribution in [2.45, 2.75) is 40.0 Å². The Bertz CT molecular complexity index is 1100. The van der Waals surface area contributed by atoms with Crippen molar-refractivity contribution in [3.63, 3.8) is 0 Å². The fourth-order valence-corrected chi connectivity index (χ4v) is 5.43. The van der Waals surface area contributed by atoms with E-state index in [-0.39, 0.29) is 20.4 Å². The fourth-order valence-electron chi connectivity index (χ4n) is 4.10. The fraction of sp³-hybridized carbons (Fsp3) is 0.250. The normalized spacial score (nSPS) is 14.8. The first-order valence-corrected chi connectivity index (χ1v) is 10.8. The van der Waals surface area contributed by atoms with E-state index in [0.29, 0.717) is 0 Å². The van der Waals surface area contributed by atoms with E-state index < -0.39 is 0 Å². The summed E-state index contributed by atoms with van der Waals surface area (Å²) in [5, 5.41) is 0. The van der Waals surface area contributed by atoms with Gasteiger partial charge in [0.1, 0.15) is 0 Å². The molecule has 1 aliphatic rings. The van der Waals surface area contributed by atoms with E-state index in [1.54, 1.807) is 0 Å². The van der Waals surface area contributed by atoms with Crippen molar-refractivity contribution in [2.24, 2.45) is 0 Å². The number of aromatic nitrogens is 2. The van der Waals surface area contributed by atoms with Gasteiger partial charge in [0.25, 0.3) is 0 Å². The Labute approximate surface area is 167 Å². The molecule has 0 fully saturated rings. The van der Waals surface area contributed by atoms with Gasteiger partial charge < -0.3 is 0 Å². The first-order chi connectivity index (χ1) is 12.8. The van der Waals surface area contributed by atoms with Crippen LogP contribution in [-0.4, -0.2) is 22.9 Å². The molecule has 3 aromatic rings. The van der Waals surface area contributed by atoms with E-state index >= 15 is 0 Å². The molecule has 1 aliphatic carbocycles. The van der Waals surface area contributed by atoms with Crippen molar-refractivity contribution in [3.8, 4) is 11.1 Å². The summed E-state index contributed by atoms with van der Waals surface area (Å²) in [4.78, 5) is 0. The number of aryl methyl sites for hydroxylation is 1. The number of allylic oxidation sites excluding steroid dienone is 2. The Morgan fingerprint density at radius 3 is 2.30 bits per heavy atom. The molecule has 0 atom stereocenters. The minimum absolute atomic E-state index is 0.00174. The Morgan fingerprint density at radius 2 is 1.63 bits per heavy atom. The van der Waals surface area contributed by atoms with Crippen LogP contribution < -0.4 is 0 Å². The summed E-state index contributed by atoms with van der Waals surface area (Å²) in [5.41, 5.74) is 12.1. The first-order valence-electron chi connectivity index (χ1n) is 9.26. The molecule has 0 saturated heterocycles. The van der Waals surface area contributed by atoms with Crippen molar-refractivity contribution in [1.29, 1.82) is 0 Å². The van der Waals surface area contributed by atoms with Gasteiger partial charge in [0.15, 0.2) is 0 Å². The van der Waals surface area contributed by atoms with Crippen LogP contribution in [0.4, 0.5) is 0 Å². The quantitative estimate of drug-likeness (QED) is 0.514. The SMILES string of the molecule is C=C(C)c1n[se]nc1/C(=C\C)c1ccc2c(c1)C(C)(C)c1cc(C)ccc1-2. The van der Waals surface area contributed by atoms with Gasteiger partial charge >= 0.3 is 168 Å². The molecule has 2 aromatic carbocycles. The molecule has 27 heavy (non-hydrogen) atoms. The van der Waals surface area contributed by atoms with Gasteiger partial charge in [0, 0.05) is 0 Å². The summed E-state index contributed by atoms with van der Waals surface area (Å²) in [5.74, 6) is 0. The van der Waals surface area contributed by atoms with Crippen LogP contribution in [0.3, 0.4) is 0 Å². The Balaban J connectivity index is 1.87. The predicted octanol–water partition coefficient (Wildman–Crippen LogP) is 5.63. The van der Waals surface area contributed by atoms with E-state index in [2.05, 4.69) is 80.7 Å². The number of rotatable bonds is 3. The zero-order valence-electron chi connectivity index (χ0n) is 16.6. The summed E-state index contributed by atoms with van der Waals surface area (Å²) < 4.78 is 9.30. The van der Waals surface area contributed by atoms with Gasteiger partial charge in [-0.2, -0.15) is 0 Å². The second-order valence-corrected chi connectivity index (χ2v) is 8.99. The zero-order valence-corrected chi connectivity index (χ0v) is 18.3. The predicted molar refractivity (Wildman–Crippen MR) is 115 cm³/mol. The molecule has 136 valence electrons. The van der Waals surface area contributed by atoms with Gasteiger partial charge in [-0.15, -0.1) is 0 Å². The second kappa shape index (κ2) is 6.44. The van der Waals surface area contributed by atoms with Crippen LogP contribution in [-0.2, 0) is 5.41 Å². The molecule has 0 N–H and O–H groups in total. The van der Waals surface area contributed by atoms with Crippen molar-refractivity contribution >= 4 is 26.1 Å². The van der Waals surface area contributed by atoms with E-state index in [1.807, 2.05) is 6.92 Å². The third kappa shape index (κ3) is 2.77. The third-order valence-electron chi connectivity index (χ3n) is 5.58. The van der Waals surface area contributed by atoms with Gasteiger partial charge in [0.05, 0.1) is 0 Å². The number of fused-ring (bicyclic) bond motifs is 3. The molecular formula is C24H24N2Se. The maximum atomic E-state index is 4.71. The van der Waals surface area contributed by atoms with Crippen LogP contribution in [0.1, 0.15) is 61.3 Å². The van der Waals surface area contributed by atoms with Crippen LogP contribution in [0.25, 0.3) is 22.3 Å². The summed E-state index contributed by atoms with van der Waals surface area (Å²) in [6.45, 7) is 15.0. The summed E-state index contributed by atoms with van der Waals surface area (Å²) >= 11 is -0.0678. The van der Waals surface area contributed by atoms with Crippen molar-refractivity contribution in [2.75, 3.05) is 0 Å². The minimum atomic E-state index is -0.0678. The molecule has 0 amide bonds. The first kappa shape index (κ1) is 18.2. The molecule has 0 radical (unpaired) electrons. The maximum absolute atomic E-state index is 4.71. The zero-order chi connectivity index (χ0) is 19.3. The molecule has 0 unspecified atom stereocenters. The number of nitrogens with zero attached hydrogens (tertiary/aromatic N) is 2. The van der Waals surface area contributed by atoms with Crippen LogP contribution >= 0.6 is 0 Å². The van der Waals surface area contributed by atoms with Crippen molar-refractivity contribution in [1.82, 2.24) is 7.96 Å². The van der Waals surface area contributed by atoms with Gasteiger partial charge in [-0.25, -0.2) is 0 Å². The molecule has 3 heteroatoms. The monoisotopic (exact) mass is 420 g/mol. The average molecular weight is 419 g/mol. The average Bonchev–Trinajstić information content (AvgIpc) is 3.19. The van der Waals surface area contributed by atoms with Crippen LogP contribution in [0.2, 0.25) is 0 Å².